The number of rotatable bonds is 4. The number of benzene rings is 4. The van der Waals surface area contributed by atoms with Gasteiger partial charge in [0.05, 0.1) is 5.69 Å². The number of furan rings is 1. The molecule has 186 valence electrons. The highest BCUT2D eigenvalue weighted by Gasteiger charge is 2.16. The van der Waals surface area contributed by atoms with E-state index in [-0.39, 0.29) is 10.9 Å². The molecule has 1 amide bonds. The summed E-state index contributed by atoms with van der Waals surface area (Å²) >= 11 is 8.83. The molecule has 6 rings (SSSR count). The minimum Gasteiger partial charge on any atom is -0.451 e. The number of carbonyl (C=O) groups excluding carboxylic acids is 1. The average molecular weight is 582 g/mol. The molecule has 0 atom stereocenters. The van der Waals surface area contributed by atoms with Gasteiger partial charge in [0, 0.05) is 21.1 Å². The van der Waals surface area contributed by atoms with Crippen molar-refractivity contribution in [2.75, 3.05) is 5.32 Å². The van der Waals surface area contributed by atoms with Crippen LogP contribution in [0.5, 0.6) is 0 Å². The zero-order valence-corrected chi connectivity index (χ0v) is 22.5. The summed E-state index contributed by atoms with van der Waals surface area (Å²) < 4.78 is 6.71. The first-order valence-corrected chi connectivity index (χ1v) is 13.0. The van der Waals surface area contributed by atoms with Crippen LogP contribution in [0.15, 0.2) is 99.9 Å². The Hall–Kier alpha value is -4.34. The van der Waals surface area contributed by atoms with E-state index in [4.69, 9.17) is 26.8 Å². The highest BCUT2D eigenvalue weighted by molar-refractivity contribution is 9.10. The van der Waals surface area contributed by atoms with Crippen LogP contribution in [0.1, 0.15) is 16.1 Å². The Bertz CT molecular complexity index is 1840. The number of nitrogens with one attached hydrogen (secondary N) is 2. The first-order chi connectivity index (χ1) is 18.4. The summed E-state index contributed by atoms with van der Waals surface area (Å²) in [4.78, 5) is 14.4. The molecular weight excluding hydrogens is 562 g/mol. The highest BCUT2D eigenvalue weighted by Crippen LogP contribution is 2.26. The Morgan fingerprint density at radius 2 is 1.66 bits per heavy atom. The second-order valence-electron chi connectivity index (χ2n) is 8.72. The molecule has 0 aliphatic heterocycles. The first kappa shape index (κ1) is 24.0. The molecule has 0 saturated heterocycles. The molecular formula is C29H20BrN5O2S. The van der Waals surface area contributed by atoms with Crippen LogP contribution in [0, 0.1) is 6.92 Å². The van der Waals surface area contributed by atoms with Gasteiger partial charge in [0.25, 0.3) is 5.91 Å². The number of thiocarbonyl (C=S) groups is 1. The lowest BCUT2D eigenvalue weighted by Gasteiger charge is -2.10. The van der Waals surface area contributed by atoms with Crippen LogP contribution >= 0.6 is 28.1 Å². The van der Waals surface area contributed by atoms with Crippen molar-refractivity contribution < 1.29 is 9.21 Å². The fourth-order valence-electron chi connectivity index (χ4n) is 4.24. The van der Waals surface area contributed by atoms with Gasteiger partial charge in [0.15, 0.2) is 10.9 Å². The second-order valence-corrected chi connectivity index (χ2v) is 10.0. The molecule has 2 aromatic heterocycles. The van der Waals surface area contributed by atoms with E-state index >= 15 is 0 Å². The minimum absolute atomic E-state index is 0.153. The highest BCUT2D eigenvalue weighted by atomic mass is 79.9. The van der Waals surface area contributed by atoms with Gasteiger partial charge in [-0.2, -0.15) is 0 Å². The zero-order chi connectivity index (χ0) is 26.2. The van der Waals surface area contributed by atoms with Crippen molar-refractivity contribution in [2.45, 2.75) is 6.92 Å². The lowest BCUT2D eigenvalue weighted by atomic mass is 10.1. The Balaban J connectivity index is 1.20. The lowest BCUT2D eigenvalue weighted by Crippen LogP contribution is -2.34. The van der Waals surface area contributed by atoms with Gasteiger partial charge in [-0.1, -0.05) is 64.5 Å². The van der Waals surface area contributed by atoms with Gasteiger partial charge in [-0.3, -0.25) is 10.1 Å². The molecule has 0 saturated carbocycles. The number of nitrogens with zero attached hydrogens (tertiary/aromatic N) is 3. The van der Waals surface area contributed by atoms with Gasteiger partial charge in [-0.05, 0) is 72.6 Å². The first-order valence-electron chi connectivity index (χ1n) is 11.8. The number of fused-ring (bicyclic) bond motifs is 2. The molecule has 9 heteroatoms. The van der Waals surface area contributed by atoms with Crippen LogP contribution in [0.4, 0.5) is 5.69 Å². The Labute approximate surface area is 231 Å². The fraction of sp³-hybridized carbons (Fsp3) is 0.0345. The molecule has 0 aliphatic carbocycles. The van der Waals surface area contributed by atoms with Crippen molar-refractivity contribution in [1.29, 1.82) is 0 Å². The van der Waals surface area contributed by atoms with Crippen molar-refractivity contribution in [3.05, 3.63) is 107 Å². The number of halogens is 1. The maximum absolute atomic E-state index is 12.7. The summed E-state index contributed by atoms with van der Waals surface area (Å²) in [6.07, 6.45) is 0. The topological polar surface area (TPSA) is 85.0 Å². The number of hydrogen-bond donors (Lipinski definition) is 2. The smallest absolute Gasteiger partial charge is 0.293 e. The quantitative estimate of drug-likeness (QED) is 0.217. The Morgan fingerprint density at radius 3 is 2.47 bits per heavy atom. The van der Waals surface area contributed by atoms with E-state index in [1.807, 2.05) is 67.6 Å². The summed E-state index contributed by atoms with van der Waals surface area (Å²) in [5.74, 6) is 0.320. The number of amides is 1. The molecule has 0 fully saturated rings. The third-order valence-electron chi connectivity index (χ3n) is 6.14. The molecule has 0 bridgehead atoms. The van der Waals surface area contributed by atoms with E-state index < -0.39 is 5.91 Å². The lowest BCUT2D eigenvalue weighted by molar-refractivity contribution is 0.0951. The van der Waals surface area contributed by atoms with Crippen LogP contribution in [0.25, 0.3) is 38.8 Å². The van der Waals surface area contributed by atoms with Crippen LogP contribution < -0.4 is 10.6 Å². The summed E-state index contributed by atoms with van der Waals surface area (Å²) in [6, 6.07) is 29.0. The zero-order valence-electron chi connectivity index (χ0n) is 20.1. The summed E-state index contributed by atoms with van der Waals surface area (Å²) in [6.45, 7) is 1.94. The summed E-state index contributed by atoms with van der Waals surface area (Å²) in [5.41, 5.74) is 4.86. The molecule has 0 spiro atoms. The monoisotopic (exact) mass is 581 g/mol. The molecule has 4 aromatic carbocycles. The Morgan fingerprint density at radius 1 is 0.921 bits per heavy atom. The largest absolute Gasteiger partial charge is 0.451 e. The minimum atomic E-state index is -0.438. The average Bonchev–Trinajstić information content (AvgIpc) is 3.57. The van der Waals surface area contributed by atoms with Crippen LogP contribution in [-0.4, -0.2) is 26.0 Å². The van der Waals surface area contributed by atoms with Gasteiger partial charge < -0.3 is 9.73 Å². The van der Waals surface area contributed by atoms with Crippen molar-refractivity contribution in [3.8, 4) is 17.0 Å². The second kappa shape index (κ2) is 9.85. The summed E-state index contributed by atoms with van der Waals surface area (Å²) in [7, 11) is 0. The Kier molecular flexibility index (Phi) is 6.22. The van der Waals surface area contributed by atoms with E-state index in [1.165, 1.54) is 0 Å². The molecule has 0 aliphatic rings. The fourth-order valence-corrected chi connectivity index (χ4v) is 4.71. The van der Waals surface area contributed by atoms with Crippen LogP contribution in [0.2, 0.25) is 0 Å². The molecule has 7 nitrogen and oxygen atoms in total. The van der Waals surface area contributed by atoms with E-state index in [9.17, 15) is 4.79 Å². The maximum Gasteiger partial charge on any atom is 0.293 e. The van der Waals surface area contributed by atoms with Crippen molar-refractivity contribution in [2.24, 2.45) is 0 Å². The van der Waals surface area contributed by atoms with Gasteiger partial charge in [0.1, 0.15) is 16.8 Å². The predicted octanol–water partition coefficient (Wildman–Crippen LogP) is 7.03. The molecule has 38 heavy (non-hydrogen) atoms. The maximum atomic E-state index is 12.7. The van der Waals surface area contributed by atoms with Gasteiger partial charge >= 0.3 is 0 Å². The van der Waals surface area contributed by atoms with Crippen molar-refractivity contribution >= 4 is 66.7 Å². The van der Waals surface area contributed by atoms with Gasteiger partial charge in [0.2, 0.25) is 0 Å². The number of carbonyl (C=O) groups is 1. The number of anilines is 1. The predicted molar refractivity (Wildman–Crippen MR) is 157 cm³/mol. The number of hydrogen-bond acceptors (Lipinski definition) is 5. The van der Waals surface area contributed by atoms with E-state index in [0.717, 1.165) is 43.3 Å². The molecule has 2 heterocycles. The van der Waals surface area contributed by atoms with E-state index in [0.29, 0.717) is 11.3 Å². The summed E-state index contributed by atoms with van der Waals surface area (Å²) in [5, 5.41) is 17.5. The van der Waals surface area contributed by atoms with Crippen molar-refractivity contribution in [3.63, 3.8) is 0 Å². The van der Waals surface area contributed by atoms with Gasteiger partial charge in [-0.15, -0.1) is 15.0 Å². The number of aryl methyl sites for hydroxylation is 1. The third-order valence-corrected chi connectivity index (χ3v) is 6.88. The van der Waals surface area contributed by atoms with E-state index in [2.05, 4.69) is 44.8 Å². The van der Waals surface area contributed by atoms with Crippen LogP contribution in [-0.2, 0) is 0 Å². The SMILES string of the molecule is Cc1cc2nn(-c3cccc4ccccc34)nc2cc1NC(=S)NC(=O)c1ccc(-c2ccc(Br)cc2)o1. The van der Waals surface area contributed by atoms with Crippen molar-refractivity contribution in [1.82, 2.24) is 20.3 Å². The van der Waals surface area contributed by atoms with Crippen LogP contribution in [0.3, 0.4) is 0 Å². The molecule has 6 aromatic rings. The molecule has 0 unspecified atom stereocenters. The standard InChI is InChI=1S/C29H20BrN5O2S/c1-17-15-23-24(34-35(33-23)25-8-4-6-18-5-2-3-7-21(18)25)16-22(17)31-29(38)32-28(36)27-14-13-26(37-27)19-9-11-20(30)12-10-19/h2-16H,1H3,(H2,31,32,36,38). The van der Waals surface area contributed by atoms with Gasteiger partial charge in [-0.25, -0.2) is 0 Å². The third kappa shape index (κ3) is 4.69. The van der Waals surface area contributed by atoms with E-state index in [1.54, 1.807) is 16.9 Å². The normalized spacial score (nSPS) is 11.1. The number of aromatic nitrogens is 3. The molecule has 0 radical (unpaired) electrons. The molecule has 2 N–H and O–H groups in total.